The lowest BCUT2D eigenvalue weighted by atomic mass is 9.86. The van der Waals surface area contributed by atoms with E-state index in [-0.39, 0.29) is 11.5 Å². The van der Waals surface area contributed by atoms with Gasteiger partial charge < -0.3 is 5.11 Å². The fraction of sp³-hybridized carbons (Fsp3) is 0.571. The molecule has 0 heterocycles. The third-order valence-corrected chi connectivity index (χ3v) is 3.67. The average molecular weight is 275 g/mol. The summed E-state index contributed by atoms with van der Waals surface area (Å²) in [4.78, 5) is 0. The van der Waals surface area contributed by atoms with E-state index in [2.05, 4.69) is 0 Å². The Bertz CT molecular complexity index is 349. The second-order valence-corrected chi connectivity index (χ2v) is 6.29. The molecule has 0 amide bonds. The van der Waals surface area contributed by atoms with Crippen molar-refractivity contribution in [1.82, 2.24) is 0 Å². The first-order valence-corrected chi connectivity index (χ1v) is 6.69. The molecule has 1 N–H and O–H groups in total. The quantitative estimate of drug-likeness (QED) is 0.842. The molecule has 0 aromatic heterocycles. The Labute approximate surface area is 114 Å². The minimum atomic E-state index is -0.288. The molecule has 0 spiro atoms. The van der Waals surface area contributed by atoms with E-state index in [4.69, 9.17) is 23.2 Å². The van der Waals surface area contributed by atoms with Crippen LogP contribution in [-0.2, 0) is 6.42 Å². The molecule has 0 saturated heterocycles. The van der Waals surface area contributed by atoms with Crippen molar-refractivity contribution in [3.8, 4) is 0 Å². The van der Waals surface area contributed by atoms with Crippen molar-refractivity contribution in [1.29, 1.82) is 0 Å². The Morgan fingerprint density at radius 2 is 1.71 bits per heavy atom. The average Bonchev–Trinajstić information content (AvgIpc) is 2.20. The van der Waals surface area contributed by atoms with Crippen molar-refractivity contribution in [3.63, 3.8) is 0 Å². The molecule has 3 heteroatoms. The number of benzene rings is 1. The van der Waals surface area contributed by atoms with Gasteiger partial charge in [-0.25, -0.2) is 0 Å². The van der Waals surface area contributed by atoms with Crippen LogP contribution >= 0.6 is 23.2 Å². The zero-order chi connectivity index (χ0) is 13.1. The maximum absolute atomic E-state index is 9.94. The lowest BCUT2D eigenvalue weighted by Gasteiger charge is -2.25. The van der Waals surface area contributed by atoms with Crippen LogP contribution in [0, 0.1) is 5.41 Å². The van der Waals surface area contributed by atoms with Gasteiger partial charge in [0.05, 0.1) is 6.10 Å². The lowest BCUT2D eigenvalue weighted by Crippen LogP contribution is -2.25. The molecule has 0 bridgehead atoms. The van der Waals surface area contributed by atoms with Crippen LogP contribution in [0.1, 0.15) is 39.2 Å². The van der Waals surface area contributed by atoms with E-state index in [1.807, 2.05) is 39.0 Å². The van der Waals surface area contributed by atoms with E-state index in [0.29, 0.717) is 10.0 Å². The zero-order valence-electron chi connectivity index (χ0n) is 10.6. The first-order valence-electron chi connectivity index (χ1n) is 5.93. The van der Waals surface area contributed by atoms with Gasteiger partial charge in [-0.15, -0.1) is 0 Å². The summed E-state index contributed by atoms with van der Waals surface area (Å²) in [5.41, 5.74) is 0.918. The maximum atomic E-state index is 9.94. The standard InChI is InChI=1S/C14H20Cl2O/c1-14(2,3)13(17)9-4-6-10-11(15)7-5-8-12(10)16/h5,7-8,13,17H,4,6,9H2,1-3H3. The van der Waals surface area contributed by atoms with Gasteiger partial charge in [0, 0.05) is 10.0 Å². The molecule has 1 aromatic rings. The van der Waals surface area contributed by atoms with Crippen LogP contribution in [0.25, 0.3) is 0 Å². The van der Waals surface area contributed by atoms with Crippen LogP contribution < -0.4 is 0 Å². The number of rotatable bonds is 4. The van der Waals surface area contributed by atoms with Crippen molar-refractivity contribution >= 4 is 23.2 Å². The van der Waals surface area contributed by atoms with Gasteiger partial charge >= 0.3 is 0 Å². The molecule has 0 fully saturated rings. The van der Waals surface area contributed by atoms with Crippen LogP contribution in [0.2, 0.25) is 10.0 Å². The SMILES string of the molecule is CC(C)(C)C(O)CCCc1c(Cl)cccc1Cl. The topological polar surface area (TPSA) is 20.2 Å². The minimum absolute atomic E-state index is 0.0652. The predicted molar refractivity (Wildman–Crippen MR) is 74.9 cm³/mol. The van der Waals surface area contributed by atoms with E-state index < -0.39 is 0 Å². The highest BCUT2D eigenvalue weighted by Gasteiger charge is 2.21. The van der Waals surface area contributed by atoms with E-state index in [1.165, 1.54) is 0 Å². The molecule has 96 valence electrons. The molecule has 1 aromatic carbocycles. The van der Waals surface area contributed by atoms with Gasteiger partial charge in [-0.3, -0.25) is 0 Å². The summed E-state index contributed by atoms with van der Waals surface area (Å²) in [7, 11) is 0. The molecule has 0 aliphatic carbocycles. The van der Waals surface area contributed by atoms with E-state index in [1.54, 1.807) is 0 Å². The Hall–Kier alpha value is -0.240. The Balaban J connectivity index is 2.52. The summed E-state index contributed by atoms with van der Waals surface area (Å²) in [5.74, 6) is 0. The summed E-state index contributed by atoms with van der Waals surface area (Å²) in [6.45, 7) is 6.13. The predicted octanol–water partition coefficient (Wildman–Crippen LogP) is 4.72. The number of hydrogen-bond acceptors (Lipinski definition) is 1. The molecule has 1 unspecified atom stereocenters. The largest absolute Gasteiger partial charge is 0.393 e. The monoisotopic (exact) mass is 274 g/mol. The van der Waals surface area contributed by atoms with Crippen LogP contribution in [-0.4, -0.2) is 11.2 Å². The van der Waals surface area contributed by atoms with E-state index in [9.17, 15) is 5.11 Å². The fourth-order valence-electron chi connectivity index (χ4n) is 1.68. The van der Waals surface area contributed by atoms with Gasteiger partial charge in [-0.05, 0) is 42.4 Å². The van der Waals surface area contributed by atoms with Crippen molar-refractivity contribution in [2.75, 3.05) is 0 Å². The number of aliphatic hydroxyl groups is 1. The zero-order valence-corrected chi connectivity index (χ0v) is 12.1. The molecule has 1 atom stereocenters. The van der Waals surface area contributed by atoms with Gasteiger partial charge in [0.2, 0.25) is 0 Å². The van der Waals surface area contributed by atoms with Crippen molar-refractivity contribution in [3.05, 3.63) is 33.8 Å². The molecule has 1 nitrogen and oxygen atoms in total. The van der Waals surface area contributed by atoms with E-state index in [0.717, 1.165) is 24.8 Å². The summed E-state index contributed by atoms with van der Waals surface area (Å²) < 4.78 is 0. The first kappa shape index (κ1) is 14.8. The minimum Gasteiger partial charge on any atom is -0.393 e. The lowest BCUT2D eigenvalue weighted by molar-refractivity contribution is 0.0540. The van der Waals surface area contributed by atoms with Crippen LogP contribution in [0.4, 0.5) is 0 Å². The molecule has 17 heavy (non-hydrogen) atoms. The first-order chi connectivity index (χ1) is 7.82. The summed E-state index contributed by atoms with van der Waals surface area (Å²) >= 11 is 12.2. The summed E-state index contributed by atoms with van der Waals surface area (Å²) in [6.07, 6.45) is 2.18. The molecule has 1 rings (SSSR count). The summed E-state index contributed by atoms with van der Waals surface area (Å²) in [5, 5.41) is 11.4. The van der Waals surface area contributed by atoms with Crippen LogP contribution in [0.15, 0.2) is 18.2 Å². The number of halogens is 2. The third kappa shape index (κ3) is 4.50. The van der Waals surface area contributed by atoms with Gasteiger partial charge in [-0.2, -0.15) is 0 Å². The maximum Gasteiger partial charge on any atom is 0.0588 e. The van der Waals surface area contributed by atoms with Gasteiger partial charge in [0.15, 0.2) is 0 Å². The number of hydrogen-bond donors (Lipinski definition) is 1. The van der Waals surface area contributed by atoms with Gasteiger partial charge in [0.25, 0.3) is 0 Å². The third-order valence-electron chi connectivity index (χ3n) is 2.97. The second kappa shape index (κ2) is 6.08. The van der Waals surface area contributed by atoms with Gasteiger partial charge in [0.1, 0.15) is 0 Å². The van der Waals surface area contributed by atoms with Crippen molar-refractivity contribution < 1.29 is 5.11 Å². The fourth-order valence-corrected chi connectivity index (χ4v) is 2.26. The summed E-state index contributed by atoms with van der Waals surface area (Å²) in [6, 6.07) is 5.55. The second-order valence-electron chi connectivity index (χ2n) is 5.47. The highest BCUT2D eigenvalue weighted by molar-refractivity contribution is 6.35. The number of aliphatic hydroxyl groups excluding tert-OH is 1. The Morgan fingerprint density at radius 1 is 1.18 bits per heavy atom. The molecule has 0 aliphatic rings. The normalized spacial score (nSPS) is 13.8. The van der Waals surface area contributed by atoms with Gasteiger partial charge in [-0.1, -0.05) is 50.0 Å². The highest BCUT2D eigenvalue weighted by Crippen LogP contribution is 2.28. The molecule has 0 saturated carbocycles. The molecule has 0 aliphatic heterocycles. The van der Waals surface area contributed by atoms with Crippen LogP contribution in [0.5, 0.6) is 0 Å². The molecular weight excluding hydrogens is 255 g/mol. The van der Waals surface area contributed by atoms with Crippen molar-refractivity contribution in [2.24, 2.45) is 5.41 Å². The van der Waals surface area contributed by atoms with Crippen molar-refractivity contribution in [2.45, 2.75) is 46.1 Å². The highest BCUT2D eigenvalue weighted by atomic mass is 35.5. The van der Waals surface area contributed by atoms with Crippen LogP contribution in [0.3, 0.4) is 0 Å². The molecular formula is C14H20Cl2O. The molecule has 0 radical (unpaired) electrons. The van der Waals surface area contributed by atoms with E-state index >= 15 is 0 Å². The Kier molecular flexibility index (Phi) is 5.30. The Morgan fingerprint density at radius 3 is 2.18 bits per heavy atom. The smallest absolute Gasteiger partial charge is 0.0588 e.